The number of rotatable bonds is 5. The van der Waals surface area contributed by atoms with Gasteiger partial charge in [-0.2, -0.15) is 13.2 Å². The van der Waals surface area contributed by atoms with E-state index in [0.717, 1.165) is 18.2 Å². The number of carbonyl (C=O) groups is 2. The number of halogens is 7. The van der Waals surface area contributed by atoms with Crippen LogP contribution in [0.5, 0.6) is 0 Å². The number of benzene rings is 2. The fourth-order valence-corrected chi connectivity index (χ4v) is 4.96. The molecule has 4 nitrogen and oxygen atoms in total. The molecule has 0 bridgehead atoms. The van der Waals surface area contributed by atoms with E-state index in [4.69, 9.17) is 46.4 Å². The average molecular weight is 526 g/mol. The van der Waals surface area contributed by atoms with E-state index in [1.54, 1.807) is 12.1 Å². The Morgan fingerprint density at radius 2 is 1.62 bits per heavy atom. The third kappa shape index (κ3) is 4.81. The Hall–Kier alpha value is -1.67. The molecule has 1 unspecified atom stereocenters. The maximum absolute atomic E-state index is 13.4. The van der Waals surface area contributed by atoms with Gasteiger partial charge in [0.05, 0.1) is 17.0 Å². The van der Waals surface area contributed by atoms with Crippen LogP contribution in [0.25, 0.3) is 0 Å². The highest BCUT2D eigenvalue weighted by atomic mass is 35.5. The highest BCUT2D eigenvalue weighted by Gasteiger charge is 2.67. The van der Waals surface area contributed by atoms with Crippen molar-refractivity contribution in [2.24, 2.45) is 5.92 Å². The Morgan fingerprint density at radius 3 is 2.19 bits per heavy atom. The molecule has 170 valence electrons. The summed E-state index contributed by atoms with van der Waals surface area (Å²) in [5.41, 5.74) is -1.08. The van der Waals surface area contributed by atoms with E-state index >= 15 is 0 Å². The molecule has 0 radical (unpaired) electrons. The van der Waals surface area contributed by atoms with Crippen LogP contribution in [0.1, 0.15) is 40.2 Å². The lowest BCUT2D eigenvalue weighted by Gasteiger charge is -2.15. The van der Waals surface area contributed by atoms with Gasteiger partial charge in [0.1, 0.15) is 4.33 Å². The van der Waals surface area contributed by atoms with Crippen molar-refractivity contribution in [3.8, 4) is 0 Å². The zero-order chi connectivity index (χ0) is 23.4. The molecule has 2 aliphatic carbocycles. The minimum absolute atomic E-state index is 0.0165. The van der Waals surface area contributed by atoms with Crippen LogP contribution in [-0.4, -0.2) is 22.2 Å². The minimum atomic E-state index is -4.73. The van der Waals surface area contributed by atoms with Gasteiger partial charge in [0.2, 0.25) is 5.91 Å². The Labute approximate surface area is 201 Å². The quantitative estimate of drug-likeness (QED) is 0.442. The molecule has 2 N–H and O–H groups in total. The van der Waals surface area contributed by atoms with Crippen LogP contribution < -0.4 is 10.6 Å². The highest BCUT2D eigenvalue weighted by molar-refractivity contribution is 6.53. The van der Waals surface area contributed by atoms with E-state index in [2.05, 4.69) is 10.6 Å². The molecule has 2 amide bonds. The number of hydrogen-bond donors (Lipinski definition) is 2. The summed E-state index contributed by atoms with van der Waals surface area (Å²) in [5.74, 6) is -2.97. The zero-order valence-electron chi connectivity index (χ0n) is 16.1. The van der Waals surface area contributed by atoms with Crippen molar-refractivity contribution in [2.45, 2.75) is 35.3 Å². The molecule has 0 heterocycles. The number of nitrogens with one attached hydrogen (secondary N) is 2. The fourth-order valence-electron chi connectivity index (χ4n) is 3.59. The van der Waals surface area contributed by atoms with Crippen molar-refractivity contribution >= 4 is 63.9 Å². The molecule has 4 rings (SSSR count). The second kappa shape index (κ2) is 8.28. The second-order valence-electron chi connectivity index (χ2n) is 7.83. The van der Waals surface area contributed by atoms with Crippen molar-refractivity contribution < 1.29 is 22.8 Å². The van der Waals surface area contributed by atoms with Crippen molar-refractivity contribution in [1.29, 1.82) is 0 Å². The number of amides is 2. The molecule has 2 saturated carbocycles. The molecule has 2 aromatic carbocycles. The van der Waals surface area contributed by atoms with Gasteiger partial charge in [0.25, 0.3) is 5.91 Å². The van der Waals surface area contributed by atoms with Gasteiger partial charge in [0.15, 0.2) is 0 Å². The highest BCUT2D eigenvalue weighted by Crippen LogP contribution is 2.65. The van der Waals surface area contributed by atoms with Gasteiger partial charge in [0, 0.05) is 27.7 Å². The molecule has 0 saturated heterocycles. The van der Waals surface area contributed by atoms with E-state index in [1.165, 1.54) is 6.07 Å². The van der Waals surface area contributed by atoms with Crippen LogP contribution in [0.3, 0.4) is 0 Å². The molecule has 32 heavy (non-hydrogen) atoms. The first kappa shape index (κ1) is 23.5. The standard InChI is InChI=1S/C21H15Cl4F3N2O2/c22-10-5-9(6-11(23)7-10)16-17(20(16,24)25)19(32)30-13-3-4-15(21(26,27)28)14(8-13)18(31)29-12-1-2-12/h3-8,12,16-17H,1-2H2,(H,29,31)(H,30,32)/t16-,17?/m1/s1. The number of anilines is 1. The van der Waals surface area contributed by atoms with Gasteiger partial charge in [-0.15, -0.1) is 23.2 Å². The van der Waals surface area contributed by atoms with E-state index in [1.807, 2.05) is 0 Å². The summed E-state index contributed by atoms with van der Waals surface area (Å²) in [6.07, 6.45) is -3.30. The third-order valence-corrected chi connectivity index (χ3v) is 6.71. The second-order valence-corrected chi connectivity index (χ2v) is 10.1. The van der Waals surface area contributed by atoms with E-state index < -0.39 is 45.3 Å². The molecular formula is C21H15Cl4F3N2O2. The Kier molecular flexibility index (Phi) is 6.07. The number of carbonyl (C=O) groups excluding carboxylic acids is 2. The van der Waals surface area contributed by atoms with Crippen molar-refractivity contribution in [3.05, 3.63) is 63.1 Å². The van der Waals surface area contributed by atoms with Gasteiger partial charge in [-0.1, -0.05) is 23.2 Å². The minimum Gasteiger partial charge on any atom is -0.349 e. The summed E-state index contributed by atoms with van der Waals surface area (Å²) >= 11 is 24.6. The molecular weight excluding hydrogens is 511 g/mol. The molecule has 11 heteroatoms. The lowest BCUT2D eigenvalue weighted by Crippen LogP contribution is -2.28. The predicted molar refractivity (Wildman–Crippen MR) is 118 cm³/mol. The molecule has 2 aromatic rings. The maximum atomic E-state index is 13.4. The average Bonchev–Trinajstić information content (AvgIpc) is 3.56. The van der Waals surface area contributed by atoms with E-state index in [-0.39, 0.29) is 11.7 Å². The van der Waals surface area contributed by atoms with Gasteiger partial charge in [-0.05, 0) is 54.8 Å². The normalized spacial score (nSPS) is 21.7. The summed E-state index contributed by atoms with van der Waals surface area (Å²) in [6, 6.07) is 7.39. The van der Waals surface area contributed by atoms with Gasteiger partial charge < -0.3 is 10.6 Å². The first-order chi connectivity index (χ1) is 14.9. The van der Waals surface area contributed by atoms with Crippen LogP contribution in [0.15, 0.2) is 36.4 Å². The van der Waals surface area contributed by atoms with Crippen molar-refractivity contribution in [2.75, 3.05) is 5.32 Å². The first-order valence-electron chi connectivity index (χ1n) is 9.54. The fraction of sp³-hybridized carbons (Fsp3) is 0.333. The topological polar surface area (TPSA) is 58.2 Å². The van der Waals surface area contributed by atoms with Crippen LogP contribution in [-0.2, 0) is 11.0 Å². The number of alkyl halides is 5. The summed E-state index contributed by atoms with van der Waals surface area (Å²) in [5, 5.41) is 5.73. The summed E-state index contributed by atoms with van der Waals surface area (Å²) in [6.45, 7) is 0. The van der Waals surface area contributed by atoms with Crippen LogP contribution in [0, 0.1) is 5.92 Å². The van der Waals surface area contributed by atoms with Gasteiger partial charge >= 0.3 is 6.18 Å². The Bertz CT molecular complexity index is 1080. The SMILES string of the molecule is O=C(NC1CC1)c1cc(NC(=O)C2[C@@H](c3cc(Cl)cc(Cl)c3)C2(Cl)Cl)ccc1C(F)(F)F. The van der Waals surface area contributed by atoms with Crippen molar-refractivity contribution in [3.63, 3.8) is 0 Å². The monoisotopic (exact) mass is 524 g/mol. The molecule has 0 aliphatic heterocycles. The van der Waals surface area contributed by atoms with E-state index in [0.29, 0.717) is 28.5 Å². The summed E-state index contributed by atoms with van der Waals surface area (Å²) in [4.78, 5) is 25.2. The largest absolute Gasteiger partial charge is 0.417 e. The van der Waals surface area contributed by atoms with E-state index in [9.17, 15) is 22.8 Å². The molecule has 2 atom stereocenters. The van der Waals surface area contributed by atoms with Gasteiger partial charge in [-0.3, -0.25) is 9.59 Å². The molecule has 2 fully saturated rings. The molecule has 2 aliphatic rings. The Balaban J connectivity index is 1.57. The van der Waals surface area contributed by atoms with Crippen molar-refractivity contribution in [1.82, 2.24) is 5.32 Å². The first-order valence-corrected chi connectivity index (χ1v) is 11.1. The van der Waals surface area contributed by atoms with Crippen LogP contribution in [0.2, 0.25) is 10.0 Å². The summed E-state index contributed by atoms with van der Waals surface area (Å²) in [7, 11) is 0. The zero-order valence-corrected chi connectivity index (χ0v) is 19.1. The predicted octanol–water partition coefficient (Wildman–Crippen LogP) is 6.43. The summed E-state index contributed by atoms with van der Waals surface area (Å²) < 4.78 is 38.7. The Morgan fingerprint density at radius 1 is 1.00 bits per heavy atom. The maximum Gasteiger partial charge on any atom is 0.417 e. The molecule has 0 aromatic heterocycles. The molecule has 0 spiro atoms. The third-order valence-electron chi connectivity index (χ3n) is 5.33. The van der Waals surface area contributed by atoms with Gasteiger partial charge in [-0.25, -0.2) is 0 Å². The van der Waals surface area contributed by atoms with Crippen LogP contribution >= 0.6 is 46.4 Å². The smallest absolute Gasteiger partial charge is 0.349 e. The van der Waals surface area contributed by atoms with Crippen LogP contribution in [0.4, 0.5) is 18.9 Å². The lowest BCUT2D eigenvalue weighted by molar-refractivity contribution is -0.137. The number of hydrogen-bond acceptors (Lipinski definition) is 2. The lowest BCUT2D eigenvalue weighted by atomic mass is 10.0.